The number of aryl methyl sites for hydroxylation is 2. The largest absolute Gasteiger partial charge is 0.329 e. The fourth-order valence-corrected chi connectivity index (χ4v) is 2.64. The molecule has 0 atom stereocenters. The number of unbranched alkanes of at least 4 members (excludes halogenated alkanes) is 4. The number of nitrogens with zero attached hydrogens (tertiary/aromatic N) is 2. The van der Waals surface area contributed by atoms with Gasteiger partial charge in [-0.3, -0.25) is 14.3 Å². The number of hydrogen-bond acceptors (Lipinski definition) is 3. The van der Waals surface area contributed by atoms with Gasteiger partial charge in [0.1, 0.15) is 5.65 Å². The number of imidazole rings is 1. The molecule has 110 valence electrons. The molecule has 0 aliphatic heterocycles. The lowest BCUT2D eigenvalue weighted by molar-refractivity contribution is 0.571. The third-order valence-electron chi connectivity index (χ3n) is 3.53. The molecule has 0 aromatic carbocycles. The topological polar surface area (TPSA) is 75.6 Å². The predicted octanol–water partition coefficient (Wildman–Crippen LogP) is 2.06. The number of aromatic amines is 2. The first-order valence-corrected chi connectivity index (χ1v) is 7.39. The van der Waals surface area contributed by atoms with Gasteiger partial charge in [0.25, 0.3) is 5.56 Å². The van der Waals surface area contributed by atoms with Gasteiger partial charge in [-0.15, -0.1) is 0 Å². The van der Waals surface area contributed by atoms with Crippen LogP contribution in [0.15, 0.2) is 9.59 Å². The van der Waals surface area contributed by atoms with Gasteiger partial charge in [0.05, 0.1) is 0 Å². The predicted molar refractivity (Wildman–Crippen MR) is 81.7 cm³/mol. The molecule has 20 heavy (non-hydrogen) atoms. The Morgan fingerprint density at radius 3 is 2.50 bits per heavy atom. The fraction of sp³-hybridized carbons (Fsp3) is 0.615. The average molecular weight is 296 g/mol. The van der Waals surface area contributed by atoms with Crippen LogP contribution in [0.3, 0.4) is 0 Å². The lowest BCUT2D eigenvalue weighted by atomic mass is 10.1. The van der Waals surface area contributed by atoms with Crippen LogP contribution in [-0.4, -0.2) is 19.1 Å². The Kier molecular flexibility index (Phi) is 4.59. The maximum absolute atomic E-state index is 12.0. The molecule has 2 aromatic heterocycles. The zero-order valence-corrected chi connectivity index (χ0v) is 12.7. The van der Waals surface area contributed by atoms with Crippen LogP contribution in [0.1, 0.15) is 39.0 Å². The van der Waals surface area contributed by atoms with Crippen LogP contribution in [0.4, 0.5) is 0 Å². The van der Waals surface area contributed by atoms with Crippen LogP contribution in [-0.2, 0) is 13.6 Å². The van der Waals surface area contributed by atoms with Gasteiger partial charge in [-0.05, 0) is 18.6 Å². The summed E-state index contributed by atoms with van der Waals surface area (Å²) < 4.78 is 3.65. The molecule has 2 heterocycles. The highest BCUT2D eigenvalue weighted by Gasteiger charge is 2.11. The summed E-state index contributed by atoms with van der Waals surface area (Å²) in [7, 11) is 1.61. The second kappa shape index (κ2) is 6.21. The van der Waals surface area contributed by atoms with Gasteiger partial charge in [-0.2, -0.15) is 0 Å². The number of rotatable bonds is 6. The molecule has 6 nitrogen and oxygen atoms in total. The molecule has 0 spiro atoms. The van der Waals surface area contributed by atoms with E-state index in [1.807, 2.05) is 0 Å². The molecule has 2 rings (SSSR count). The number of nitrogens with one attached hydrogen (secondary N) is 2. The molecule has 0 bridgehead atoms. The highest BCUT2D eigenvalue weighted by atomic mass is 32.1. The molecule has 0 saturated carbocycles. The van der Waals surface area contributed by atoms with Crippen LogP contribution < -0.4 is 11.2 Å². The Morgan fingerprint density at radius 2 is 1.80 bits per heavy atom. The molecular formula is C13H20N4O2S. The Balaban J connectivity index is 2.32. The van der Waals surface area contributed by atoms with E-state index in [1.165, 1.54) is 23.8 Å². The summed E-state index contributed by atoms with van der Waals surface area (Å²) in [5.74, 6) is 0. The van der Waals surface area contributed by atoms with Crippen LogP contribution in [0.5, 0.6) is 0 Å². The van der Waals surface area contributed by atoms with Gasteiger partial charge in [0, 0.05) is 13.6 Å². The first-order chi connectivity index (χ1) is 9.56. The van der Waals surface area contributed by atoms with Crippen molar-refractivity contribution in [3.63, 3.8) is 0 Å². The molecule has 0 fully saturated rings. The van der Waals surface area contributed by atoms with Gasteiger partial charge in [-0.1, -0.05) is 32.6 Å². The molecule has 0 amide bonds. The molecule has 0 aliphatic rings. The summed E-state index contributed by atoms with van der Waals surface area (Å²) in [4.78, 5) is 28.8. The summed E-state index contributed by atoms with van der Waals surface area (Å²) in [5.41, 5.74) is 0.114. The summed E-state index contributed by atoms with van der Waals surface area (Å²) in [6, 6.07) is 0. The van der Waals surface area contributed by atoms with Crippen LogP contribution >= 0.6 is 12.2 Å². The van der Waals surface area contributed by atoms with Crippen molar-refractivity contribution in [2.45, 2.75) is 45.6 Å². The molecule has 2 aromatic rings. The summed E-state index contributed by atoms with van der Waals surface area (Å²) in [6.45, 7) is 2.87. The lowest BCUT2D eigenvalue weighted by Gasteiger charge is -2.04. The van der Waals surface area contributed by atoms with E-state index in [0.717, 1.165) is 12.8 Å². The SMILES string of the molecule is CCCCCCCn1c(=S)[nH]c2c1c(=O)[nH]c(=O)n2C. The second-order valence-corrected chi connectivity index (χ2v) is 5.40. The Bertz CT molecular complexity index is 765. The zero-order chi connectivity index (χ0) is 14.7. The van der Waals surface area contributed by atoms with Crippen molar-refractivity contribution in [2.75, 3.05) is 0 Å². The number of hydrogen-bond donors (Lipinski definition) is 2. The van der Waals surface area contributed by atoms with Gasteiger partial charge in [0.2, 0.25) is 0 Å². The monoisotopic (exact) mass is 296 g/mol. The summed E-state index contributed by atoms with van der Waals surface area (Å²) >= 11 is 5.26. The molecule has 0 saturated heterocycles. The minimum Gasteiger partial charge on any atom is -0.316 e. The molecule has 0 aliphatic carbocycles. The highest BCUT2D eigenvalue weighted by Crippen LogP contribution is 2.10. The van der Waals surface area contributed by atoms with Crippen molar-refractivity contribution in [3.8, 4) is 0 Å². The molecule has 0 radical (unpaired) electrons. The smallest absolute Gasteiger partial charge is 0.316 e. The van der Waals surface area contributed by atoms with Gasteiger partial charge in [0.15, 0.2) is 10.3 Å². The van der Waals surface area contributed by atoms with Crippen molar-refractivity contribution < 1.29 is 0 Å². The first kappa shape index (κ1) is 14.8. The lowest BCUT2D eigenvalue weighted by Crippen LogP contribution is -2.29. The summed E-state index contributed by atoms with van der Waals surface area (Å²) in [6.07, 6.45) is 5.72. The maximum Gasteiger partial charge on any atom is 0.329 e. The van der Waals surface area contributed by atoms with Crippen LogP contribution in [0, 0.1) is 4.77 Å². The molecule has 7 heteroatoms. The van der Waals surface area contributed by atoms with Crippen molar-refractivity contribution in [1.82, 2.24) is 19.1 Å². The van der Waals surface area contributed by atoms with Gasteiger partial charge < -0.3 is 9.55 Å². The van der Waals surface area contributed by atoms with E-state index in [9.17, 15) is 9.59 Å². The fourth-order valence-electron chi connectivity index (χ4n) is 2.36. The third-order valence-corrected chi connectivity index (χ3v) is 3.85. The first-order valence-electron chi connectivity index (χ1n) is 6.98. The Hall–Kier alpha value is -1.63. The van der Waals surface area contributed by atoms with Crippen molar-refractivity contribution in [1.29, 1.82) is 0 Å². The Morgan fingerprint density at radius 1 is 1.10 bits per heavy atom. The molecule has 2 N–H and O–H groups in total. The standard InChI is InChI=1S/C13H20N4O2S/c1-3-4-5-6-7-8-17-9-10(14-13(17)20)16(2)12(19)15-11(9)18/h3-8H2,1-2H3,(H,14,20)(H,15,18,19). The van der Waals surface area contributed by atoms with Gasteiger partial charge in [-0.25, -0.2) is 4.79 Å². The number of aromatic nitrogens is 4. The molecule has 0 unspecified atom stereocenters. The van der Waals surface area contributed by atoms with Crippen molar-refractivity contribution in [2.24, 2.45) is 7.05 Å². The van der Waals surface area contributed by atoms with E-state index in [0.29, 0.717) is 22.5 Å². The van der Waals surface area contributed by atoms with E-state index in [2.05, 4.69) is 16.9 Å². The third kappa shape index (κ3) is 2.77. The van der Waals surface area contributed by atoms with Gasteiger partial charge >= 0.3 is 5.69 Å². The summed E-state index contributed by atoms with van der Waals surface area (Å²) in [5, 5.41) is 0. The number of fused-ring (bicyclic) bond motifs is 1. The van der Waals surface area contributed by atoms with E-state index in [4.69, 9.17) is 12.2 Å². The van der Waals surface area contributed by atoms with Crippen molar-refractivity contribution in [3.05, 3.63) is 25.6 Å². The highest BCUT2D eigenvalue weighted by molar-refractivity contribution is 7.71. The minimum absolute atomic E-state index is 0.385. The van der Waals surface area contributed by atoms with Crippen molar-refractivity contribution >= 4 is 23.4 Å². The van der Waals surface area contributed by atoms with E-state index in [-0.39, 0.29) is 5.56 Å². The van der Waals surface area contributed by atoms with Crippen LogP contribution in [0.25, 0.3) is 11.2 Å². The minimum atomic E-state index is -0.436. The number of H-pyrrole nitrogens is 2. The Labute approximate surface area is 121 Å². The van der Waals surface area contributed by atoms with E-state index < -0.39 is 5.69 Å². The quantitative estimate of drug-likeness (QED) is 0.633. The van der Waals surface area contributed by atoms with E-state index >= 15 is 0 Å². The van der Waals surface area contributed by atoms with Crippen LogP contribution in [0.2, 0.25) is 0 Å². The second-order valence-electron chi connectivity index (χ2n) is 5.01. The zero-order valence-electron chi connectivity index (χ0n) is 11.9. The maximum atomic E-state index is 12.0. The normalized spacial score (nSPS) is 11.3. The average Bonchev–Trinajstić information content (AvgIpc) is 2.74. The molecular weight excluding hydrogens is 276 g/mol. The van der Waals surface area contributed by atoms with E-state index in [1.54, 1.807) is 11.6 Å².